The van der Waals surface area contributed by atoms with Crippen molar-refractivity contribution in [2.45, 2.75) is 6.54 Å². The molecule has 0 spiro atoms. The number of methoxy groups -OCH3 is 1. The summed E-state index contributed by atoms with van der Waals surface area (Å²) < 4.78 is 5.45. The molecule has 0 aliphatic carbocycles. The molecule has 27 heavy (non-hydrogen) atoms. The Morgan fingerprint density at radius 3 is 2.33 bits per heavy atom. The molecule has 2 aromatic carbocycles. The number of aromatic amines is 1. The van der Waals surface area contributed by atoms with Gasteiger partial charge in [0.15, 0.2) is 0 Å². The molecule has 1 N–H and O–H groups in total. The van der Waals surface area contributed by atoms with E-state index in [9.17, 15) is 0 Å². The van der Waals surface area contributed by atoms with E-state index < -0.39 is 0 Å². The van der Waals surface area contributed by atoms with E-state index in [1.165, 1.54) is 0 Å². The number of ether oxygens (including phenoxy) is 1. The van der Waals surface area contributed by atoms with Gasteiger partial charge in [-0.1, -0.05) is 83.9 Å². The lowest BCUT2D eigenvalue weighted by molar-refractivity contribution is 0.387. The Morgan fingerprint density at radius 1 is 1.00 bits per heavy atom. The van der Waals surface area contributed by atoms with Crippen molar-refractivity contribution in [1.82, 2.24) is 14.9 Å². The molecule has 0 amide bonds. The molecule has 138 valence electrons. The van der Waals surface area contributed by atoms with Crippen LogP contribution in [0.25, 0.3) is 11.3 Å². The molecule has 7 heteroatoms. The maximum atomic E-state index is 6.51. The summed E-state index contributed by atoms with van der Waals surface area (Å²) in [5.41, 5.74) is 2.94. The largest absolute Gasteiger partial charge is 0.479 e. The minimum absolute atomic E-state index is 0.434. The second kappa shape index (κ2) is 7.55. The average Bonchev–Trinajstić information content (AvgIpc) is 3.26. The van der Waals surface area contributed by atoms with E-state index in [2.05, 4.69) is 22.1 Å². The van der Waals surface area contributed by atoms with Gasteiger partial charge in [0.2, 0.25) is 11.8 Å². The van der Waals surface area contributed by atoms with Gasteiger partial charge in [-0.25, -0.2) is 0 Å². The minimum atomic E-state index is 0.434. The van der Waals surface area contributed by atoms with Gasteiger partial charge in [-0.3, -0.25) is 4.90 Å². The molecule has 0 saturated heterocycles. The number of anilines is 1. The van der Waals surface area contributed by atoms with Gasteiger partial charge >= 0.3 is 0 Å². The highest BCUT2D eigenvalue weighted by Gasteiger charge is 2.30. The van der Waals surface area contributed by atoms with E-state index in [1.54, 1.807) is 7.11 Å². The number of hydrogen-bond donors (Lipinski definition) is 1. The topological polar surface area (TPSA) is 44.4 Å². The molecule has 3 aromatic rings. The SMILES string of the molecule is COc1nc(N2CN(Cc3ccccc3)C(Cl)=C2Cl)[nH]c1-c1ccccc1. The van der Waals surface area contributed by atoms with Crippen LogP contribution in [0.4, 0.5) is 5.95 Å². The summed E-state index contributed by atoms with van der Waals surface area (Å²) in [5.74, 6) is 1.10. The van der Waals surface area contributed by atoms with Crippen molar-refractivity contribution in [3.63, 3.8) is 0 Å². The fourth-order valence-electron chi connectivity index (χ4n) is 3.04. The number of nitrogens with one attached hydrogen (secondary N) is 1. The summed E-state index contributed by atoms with van der Waals surface area (Å²) in [6, 6.07) is 20.0. The molecule has 0 bridgehead atoms. The van der Waals surface area contributed by atoms with E-state index in [0.29, 0.717) is 35.4 Å². The lowest BCUT2D eigenvalue weighted by Gasteiger charge is -2.20. The minimum Gasteiger partial charge on any atom is -0.479 e. The van der Waals surface area contributed by atoms with Crippen LogP contribution in [0.1, 0.15) is 5.56 Å². The molecule has 1 aliphatic heterocycles. The van der Waals surface area contributed by atoms with Crippen molar-refractivity contribution in [3.8, 4) is 17.1 Å². The molecule has 0 radical (unpaired) electrons. The Kier molecular flexibility index (Phi) is 4.97. The van der Waals surface area contributed by atoms with Crippen molar-refractivity contribution >= 4 is 29.2 Å². The van der Waals surface area contributed by atoms with E-state index in [4.69, 9.17) is 27.9 Å². The zero-order valence-electron chi connectivity index (χ0n) is 14.7. The van der Waals surface area contributed by atoms with E-state index in [0.717, 1.165) is 16.8 Å². The van der Waals surface area contributed by atoms with Crippen molar-refractivity contribution < 1.29 is 4.74 Å². The van der Waals surface area contributed by atoms with E-state index in [-0.39, 0.29) is 0 Å². The smallest absolute Gasteiger partial charge is 0.241 e. The highest BCUT2D eigenvalue weighted by Crippen LogP contribution is 2.37. The summed E-state index contributed by atoms with van der Waals surface area (Å²) >= 11 is 13.0. The lowest BCUT2D eigenvalue weighted by Crippen LogP contribution is -2.27. The molecule has 1 aromatic heterocycles. The summed E-state index contributed by atoms with van der Waals surface area (Å²) in [5, 5.41) is 0.931. The predicted molar refractivity (Wildman–Crippen MR) is 109 cm³/mol. The summed E-state index contributed by atoms with van der Waals surface area (Å²) in [6.45, 7) is 1.16. The zero-order chi connectivity index (χ0) is 18.8. The molecule has 0 atom stereocenters. The summed E-state index contributed by atoms with van der Waals surface area (Å²) in [6.07, 6.45) is 0. The fraction of sp³-hybridized carbons (Fsp3) is 0.150. The molecular formula is C20H18Cl2N4O. The van der Waals surface area contributed by atoms with Crippen molar-refractivity contribution in [3.05, 3.63) is 76.5 Å². The van der Waals surface area contributed by atoms with Crippen molar-refractivity contribution in [1.29, 1.82) is 0 Å². The van der Waals surface area contributed by atoms with Crippen LogP contribution in [-0.2, 0) is 6.54 Å². The van der Waals surface area contributed by atoms with Gasteiger partial charge in [0, 0.05) is 12.1 Å². The first-order chi connectivity index (χ1) is 13.2. The van der Waals surface area contributed by atoms with Gasteiger partial charge in [0.25, 0.3) is 0 Å². The molecule has 4 rings (SSSR count). The molecule has 0 unspecified atom stereocenters. The number of rotatable bonds is 5. The molecule has 2 heterocycles. The Morgan fingerprint density at radius 2 is 1.67 bits per heavy atom. The Labute approximate surface area is 167 Å². The van der Waals surface area contributed by atoms with Crippen LogP contribution in [0.2, 0.25) is 0 Å². The standard InChI is InChI=1S/C20H18Cl2N4O/c1-27-19-16(15-10-6-3-7-11-15)23-20(24-19)26-13-25(17(21)18(26)22)12-14-8-4-2-5-9-14/h2-11H,12-13H2,1H3,(H,23,24). The lowest BCUT2D eigenvalue weighted by atomic mass is 10.2. The zero-order valence-corrected chi connectivity index (χ0v) is 16.2. The van der Waals surface area contributed by atoms with Gasteiger partial charge in [-0.05, 0) is 5.56 Å². The van der Waals surface area contributed by atoms with Gasteiger partial charge < -0.3 is 14.6 Å². The molecule has 1 aliphatic rings. The van der Waals surface area contributed by atoms with E-state index >= 15 is 0 Å². The molecule has 0 saturated carbocycles. The van der Waals surface area contributed by atoms with Crippen molar-refractivity contribution in [2.75, 3.05) is 18.7 Å². The number of benzene rings is 2. The Hall–Kier alpha value is -2.63. The second-order valence-electron chi connectivity index (χ2n) is 6.15. The maximum absolute atomic E-state index is 6.51. The summed E-state index contributed by atoms with van der Waals surface area (Å²) in [7, 11) is 1.60. The maximum Gasteiger partial charge on any atom is 0.241 e. The number of hydrogen-bond acceptors (Lipinski definition) is 4. The molecule has 5 nitrogen and oxygen atoms in total. The fourth-order valence-corrected chi connectivity index (χ4v) is 3.51. The number of H-pyrrole nitrogens is 1. The predicted octanol–water partition coefficient (Wildman–Crippen LogP) is 4.97. The van der Waals surface area contributed by atoms with Crippen LogP contribution in [-0.4, -0.2) is 28.6 Å². The van der Waals surface area contributed by atoms with Crippen LogP contribution in [0, 0.1) is 0 Å². The first kappa shape index (κ1) is 17.8. The quantitative estimate of drug-likeness (QED) is 0.614. The third-order valence-corrected chi connectivity index (χ3v) is 5.28. The van der Waals surface area contributed by atoms with Gasteiger partial charge in [0.1, 0.15) is 22.7 Å². The number of nitrogens with zero attached hydrogens (tertiary/aromatic N) is 3. The summed E-state index contributed by atoms with van der Waals surface area (Å²) in [4.78, 5) is 11.7. The monoisotopic (exact) mass is 400 g/mol. The van der Waals surface area contributed by atoms with Crippen LogP contribution >= 0.6 is 23.2 Å². The second-order valence-corrected chi connectivity index (χ2v) is 6.86. The van der Waals surface area contributed by atoms with Gasteiger partial charge in [-0.2, -0.15) is 4.98 Å². The van der Waals surface area contributed by atoms with Crippen LogP contribution in [0.5, 0.6) is 5.88 Å². The number of aromatic nitrogens is 2. The number of imidazole rings is 1. The Balaban J connectivity index is 1.62. The van der Waals surface area contributed by atoms with Crippen LogP contribution in [0.3, 0.4) is 0 Å². The average molecular weight is 401 g/mol. The van der Waals surface area contributed by atoms with Gasteiger partial charge in [-0.15, -0.1) is 0 Å². The van der Waals surface area contributed by atoms with Gasteiger partial charge in [0.05, 0.1) is 7.11 Å². The normalized spacial score (nSPS) is 14.2. The van der Waals surface area contributed by atoms with Crippen molar-refractivity contribution in [2.24, 2.45) is 0 Å². The highest BCUT2D eigenvalue weighted by molar-refractivity contribution is 6.40. The number of halogens is 2. The molecule has 0 fully saturated rings. The first-order valence-corrected chi connectivity index (χ1v) is 9.24. The first-order valence-electron chi connectivity index (χ1n) is 8.48. The molecular weight excluding hydrogens is 383 g/mol. The third-order valence-electron chi connectivity index (χ3n) is 4.38. The van der Waals surface area contributed by atoms with Crippen LogP contribution in [0.15, 0.2) is 71.0 Å². The highest BCUT2D eigenvalue weighted by atomic mass is 35.5. The van der Waals surface area contributed by atoms with Crippen LogP contribution < -0.4 is 9.64 Å². The van der Waals surface area contributed by atoms with E-state index in [1.807, 2.05) is 58.3 Å². The third kappa shape index (κ3) is 3.48. The Bertz CT molecular complexity index is 957.